The first-order chi connectivity index (χ1) is 11.3. The lowest BCUT2D eigenvalue weighted by Gasteiger charge is -2.26. The fourth-order valence-electron chi connectivity index (χ4n) is 3.24. The molecule has 0 aliphatic carbocycles. The Labute approximate surface area is 162 Å². The van der Waals surface area contributed by atoms with Gasteiger partial charge in [0.1, 0.15) is 0 Å². The van der Waals surface area contributed by atoms with E-state index in [4.69, 9.17) is 4.74 Å². The van der Waals surface area contributed by atoms with Crippen molar-refractivity contribution in [1.29, 1.82) is 0 Å². The number of halogens is 2. The average molecular weight is 390 g/mol. The van der Waals surface area contributed by atoms with Crippen LogP contribution in [0, 0.1) is 0 Å². The maximum atomic E-state index is 12.2. The van der Waals surface area contributed by atoms with Crippen LogP contribution in [0.3, 0.4) is 0 Å². The molecule has 0 radical (unpaired) electrons. The van der Waals surface area contributed by atoms with E-state index in [9.17, 15) is 4.79 Å². The third kappa shape index (κ3) is 7.12. The molecule has 1 unspecified atom stereocenters. The van der Waals surface area contributed by atoms with Crippen LogP contribution in [-0.2, 0) is 22.6 Å². The summed E-state index contributed by atoms with van der Waals surface area (Å²) in [5.41, 5.74) is 2.47. The van der Waals surface area contributed by atoms with Crippen LogP contribution in [0.25, 0.3) is 0 Å². The zero-order valence-electron chi connectivity index (χ0n) is 14.5. The van der Waals surface area contributed by atoms with E-state index in [1.54, 1.807) is 0 Å². The first-order valence-electron chi connectivity index (χ1n) is 8.70. The van der Waals surface area contributed by atoms with E-state index in [1.165, 1.54) is 17.5 Å². The van der Waals surface area contributed by atoms with Gasteiger partial charge in [0.25, 0.3) is 0 Å². The molecular formula is C18H29Cl2N3O2. The first kappa shape index (κ1) is 22.2. The van der Waals surface area contributed by atoms with Gasteiger partial charge in [-0.2, -0.15) is 0 Å². The Hall–Kier alpha value is -0.850. The second-order valence-corrected chi connectivity index (χ2v) is 6.43. The number of hydrogen-bond acceptors (Lipinski definition) is 4. The maximum absolute atomic E-state index is 12.2. The van der Waals surface area contributed by atoms with Gasteiger partial charge in [-0.15, -0.1) is 24.8 Å². The lowest BCUT2D eigenvalue weighted by molar-refractivity contribution is -0.123. The monoisotopic (exact) mass is 389 g/mol. The molecule has 7 heteroatoms. The highest BCUT2D eigenvalue weighted by atomic mass is 35.5. The Bertz CT molecular complexity index is 519. The summed E-state index contributed by atoms with van der Waals surface area (Å²) < 4.78 is 5.39. The van der Waals surface area contributed by atoms with E-state index in [-0.39, 0.29) is 36.8 Å². The van der Waals surface area contributed by atoms with Crippen molar-refractivity contribution in [3.05, 3.63) is 35.4 Å². The molecule has 0 saturated carbocycles. The van der Waals surface area contributed by atoms with Gasteiger partial charge in [0, 0.05) is 26.2 Å². The van der Waals surface area contributed by atoms with Crippen molar-refractivity contribution in [1.82, 2.24) is 15.5 Å². The molecule has 2 N–H and O–H groups in total. The van der Waals surface area contributed by atoms with Crippen molar-refractivity contribution in [2.45, 2.75) is 38.4 Å². The quantitative estimate of drug-likeness (QED) is 0.809. The second-order valence-electron chi connectivity index (χ2n) is 6.43. The van der Waals surface area contributed by atoms with E-state index in [0.717, 1.165) is 52.2 Å². The summed E-state index contributed by atoms with van der Waals surface area (Å²) >= 11 is 0. The smallest absolute Gasteiger partial charge is 0.237 e. The lowest BCUT2D eigenvalue weighted by Crippen LogP contribution is -2.46. The Morgan fingerprint density at radius 2 is 1.96 bits per heavy atom. The number of carbonyl (C=O) groups is 1. The summed E-state index contributed by atoms with van der Waals surface area (Å²) in [6, 6.07) is 8.50. The van der Waals surface area contributed by atoms with Gasteiger partial charge in [-0.3, -0.25) is 9.69 Å². The van der Waals surface area contributed by atoms with E-state index in [1.807, 2.05) is 0 Å². The molecule has 1 amide bonds. The fraction of sp³-hybridized carbons (Fsp3) is 0.611. The van der Waals surface area contributed by atoms with Gasteiger partial charge in [0.15, 0.2) is 0 Å². The van der Waals surface area contributed by atoms with E-state index >= 15 is 0 Å². The molecule has 0 spiro atoms. The topological polar surface area (TPSA) is 53.6 Å². The summed E-state index contributed by atoms with van der Waals surface area (Å²) in [6.45, 7) is 6.15. The highest BCUT2D eigenvalue weighted by Gasteiger charge is 2.19. The van der Waals surface area contributed by atoms with E-state index in [0.29, 0.717) is 6.54 Å². The number of nitrogens with one attached hydrogen (secondary N) is 2. The number of piperidine rings is 1. The number of morpholine rings is 1. The zero-order valence-corrected chi connectivity index (χ0v) is 16.2. The van der Waals surface area contributed by atoms with Crippen molar-refractivity contribution in [2.75, 3.05) is 32.8 Å². The summed E-state index contributed by atoms with van der Waals surface area (Å²) in [7, 11) is 0. The van der Waals surface area contributed by atoms with Crippen molar-refractivity contribution >= 4 is 30.7 Å². The average Bonchev–Trinajstić information content (AvgIpc) is 2.62. The maximum Gasteiger partial charge on any atom is 0.237 e. The molecule has 1 atom stereocenters. The van der Waals surface area contributed by atoms with Crippen molar-refractivity contribution < 1.29 is 9.53 Å². The number of amides is 1. The zero-order chi connectivity index (χ0) is 15.9. The van der Waals surface area contributed by atoms with E-state index < -0.39 is 0 Å². The Balaban J connectivity index is 0.00000156. The van der Waals surface area contributed by atoms with Crippen LogP contribution in [0.4, 0.5) is 0 Å². The Kier molecular flexibility index (Phi) is 10.4. The van der Waals surface area contributed by atoms with Crippen LogP contribution in [0.5, 0.6) is 0 Å². The SMILES string of the molecule is Cl.Cl.O=C(NCc1cccc(CN2CCOCC2)c1)C1CCCCN1. The van der Waals surface area contributed by atoms with Crippen LogP contribution in [0.15, 0.2) is 24.3 Å². The highest BCUT2D eigenvalue weighted by molar-refractivity contribution is 5.85. The molecule has 5 nitrogen and oxygen atoms in total. The number of nitrogens with zero attached hydrogens (tertiary/aromatic N) is 1. The summed E-state index contributed by atoms with van der Waals surface area (Å²) in [5, 5.41) is 6.35. The van der Waals surface area contributed by atoms with Gasteiger partial charge < -0.3 is 15.4 Å². The number of ether oxygens (including phenoxy) is 1. The molecule has 2 saturated heterocycles. The summed E-state index contributed by atoms with van der Waals surface area (Å²) in [6.07, 6.45) is 3.26. The molecule has 2 heterocycles. The second kappa shape index (κ2) is 11.7. The van der Waals surface area contributed by atoms with Crippen LogP contribution in [-0.4, -0.2) is 49.7 Å². The molecule has 142 valence electrons. The van der Waals surface area contributed by atoms with Gasteiger partial charge in [-0.05, 0) is 30.5 Å². The predicted octanol–water partition coefficient (Wildman–Crippen LogP) is 2.12. The third-order valence-electron chi connectivity index (χ3n) is 4.59. The van der Waals surface area contributed by atoms with Crippen molar-refractivity contribution in [3.63, 3.8) is 0 Å². The minimum atomic E-state index is -0.0136. The van der Waals surface area contributed by atoms with Crippen molar-refractivity contribution in [2.24, 2.45) is 0 Å². The molecule has 3 rings (SSSR count). The van der Waals surface area contributed by atoms with Gasteiger partial charge in [0.05, 0.1) is 19.3 Å². The number of rotatable bonds is 5. The van der Waals surface area contributed by atoms with E-state index in [2.05, 4.69) is 39.8 Å². The lowest BCUT2D eigenvalue weighted by atomic mass is 10.0. The normalized spacial score (nSPS) is 20.9. The molecule has 2 fully saturated rings. The minimum Gasteiger partial charge on any atom is -0.379 e. The molecule has 1 aromatic rings. The predicted molar refractivity (Wildman–Crippen MR) is 105 cm³/mol. The van der Waals surface area contributed by atoms with Crippen molar-refractivity contribution in [3.8, 4) is 0 Å². The molecule has 0 aromatic heterocycles. The van der Waals surface area contributed by atoms with Crippen LogP contribution in [0.1, 0.15) is 30.4 Å². The minimum absolute atomic E-state index is 0. The molecular weight excluding hydrogens is 361 g/mol. The number of benzene rings is 1. The third-order valence-corrected chi connectivity index (χ3v) is 4.59. The molecule has 0 bridgehead atoms. The van der Waals surface area contributed by atoms with Gasteiger partial charge in [-0.1, -0.05) is 30.7 Å². The molecule has 2 aliphatic heterocycles. The largest absolute Gasteiger partial charge is 0.379 e. The van der Waals surface area contributed by atoms with Crippen LogP contribution >= 0.6 is 24.8 Å². The van der Waals surface area contributed by atoms with Gasteiger partial charge >= 0.3 is 0 Å². The highest BCUT2D eigenvalue weighted by Crippen LogP contribution is 2.11. The Morgan fingerprint density at radius 1 is 1.20 bits per heavy atom. The van der Waals surface area contributed by atoms with Gasteiger partial charge in [-0.25, -0.2) is 0 Å². The molecule has 25 heavy (non-hydrogen) atoms. The molecule has 2 aliphatic rings. The van der Waals surface area contributed by atoms with Crippen LogP contribution < -0.4 is 10.6 Å². The van der Waals surface area contributed by atoms with Crippen LogP contribution in [0.2, 0.25) is 0 Å². The fourth-order valence-corrected chi connectivity index (χ4v) is 3.24. The number of carbonyl (C=O) groups excluding carboxylic acids is 1. The summed E-state index contributed by atoms with van der Waals surface area (Å²) in [5.74, 6) is 0.128. The van der Waals surface area contributed by atoms with Gasteiger partial charge in [0.2, 0.25) is 5.91 Å². The Morgan fingerprint density at radius 3 is 2.68 bits per heavy atom. The first-order valence-corrected chi connectivity index (χ1v) is 8.70. The standard InChI is InChI=1S/C18H27N3O2.2ClH/c22-18(17-6-1-2-7-19-17)20-13-15-4-3-5-16(12-15)14-21-8-10-23-11-9-21;;/h3-5,12,17,19H,1-2,6-11,13-14H2,(H,20,22);2*1H. The number of hydrogen-bond donors (Lipinski definition) is 2. The summed E-state index contributed by atoms with van der Waals surface area (Å²) in [4.78, 5) is 14.6. The molecule has 1 aromatic carbocycles.